The Morgan fingerprint density at radius 2 is 1.78 bits per heavy atom. The van der Waals surface area contributed by atoms with Crippen molar-refractivity contribution in [3.8, 4) is 11.4 Å². The number of hydrogen-bond acceptors (Lipinski definition) is 6. The monoisotopic (exact) mass is 482 g/mol. The molecule has 2 atom stereocenters. The van der Waals surface area contributed by atoms with Crippen LogP contribution in [-0.4, -0.2) is 41.0 Å². The average molecular weight is 483 g/mol. The molecular weight excluding hydrogens is 452 g/mol. The second-order valence-electron chi connectivity index (χ2n) is 9.13. The van der Waals surface area contributed by atoms with Crippen molar-refractivity contribution >= 4 is 11.9 Å². The van der Waals surface area contributed by atoms with Crippen molar-refractivity contribution in [1.82, 2.24) is 14.8 Å². The summed E-state index contributed by atoms with van der Waals surface area (Å²) in [5.41, 5.74) is 4.38. The smallest absolute Gasteiger partial charge is 0.378 e. The van der Waals surface area contributed by atoms with Crippen LogP contribution < -0.4 is 10.1 Å². The number of hydrogen-bond donors (Lipinski definition) is 1. The summed E-state index contributed by atoms with van der Waals surface area (Å²) in [6, 6.07) is 26.8. The summed E-state index contributed by atoms with van der Waals surface area (Å²) in [4.78, 5) is 17.0. The van der Waals surface area contributed by atoms with Gasteiger partial charge >= 0.3 is 5.97 Å². The zero-order chi connectivity index (χ0) is 25.1. The van der Waals surface area contributed by atoms with Gasteiger partial charge in [-0.15, -0.1) is 5.10 Å². The molecule has 0 radical (unpaired) electrons. The summed E-state index contributed by atoms with van der Waals surface area (Å²) in [5, 5.41) is 8.00. The van der Waals surface area contributed by atoms with E-state index in [1.165, 1.54) is 11.1 Å². The zero-order valence-corrected chi connectivity index (χ0v) is 20.8. The van der Waals surface area contributed by atoms with Gasteiger partial charge in [-0.3, -0.25) is 0 Å². The number of carbonyl (C=O) groups is 1. The van der Waals surface area contributed by atoms with Crippen LogP contribution in [-0.2, 0) is 10.2 Å². The van der Waals surface area contributed by atoms with Gasteiger partial charge in [0.15, 0.2) is 0 Å². The van der Waals surface area contributed by atoms with Gasteiger partial charge in [-0.2, -0.15) is 9.67 Å². The molecule has 0 aliphatic heterocycles. The minimum atomic E-state index is -0.537. The number of aryl methyl sites for hydroxylation is 1. The number of nitrogens with one attached hydrogen (secondary N) is 1. The molecule has 1 heterocycles. The molecule has 1 N–H and O–H groups in total. The summed E-state index contributed by atoms with van der Waals surface area (Å²) < 4.78 is 12.2. The van der Waals surface area contributed by atoms with Crippen molar-refractivity contribution in [3.63, 3.8) is 0 Å². The molecule has 184 valence electrons. The normalized spacial score (nSPS) is 18.5. The summed E-state index contributed by atoms with van der Waals surface area (Å²) in [5.74, 6) is 1.20. The van der Waals surface area contributed by atoms with Crippen LogP contribution in [0.4, 0.5) is 5.95 Å². The van der Waals surface area contributed by atoms with Gasteiger partial charge in [0.25, 0.3) is 5.82 Å². The van der Waals surface area contributed by atoms with E-state index in [1.807, 2.05) is 49.4 Å². The predicted molar refractivity (Wildman–Crippen MR) is 139 cm³/mol. The summed E-state index contributed by atoms with van der Waals surface area (Å²) in [6.07, 6.45) is 1.000. The van der Waals surface area contributed by atoms with Crippen LogP contribution in [0.15, 0.2) is 78.9 Å². The fourth-order valence-corrected chi connectivity index (χ4v) is 4.78. The third kappa shape index (κ3) is 4.56. The molecule has 1 aliphatic rings. The maximum atomic E-state index is 12.4. The lowest BCUT2D eigenvalue weighted by Gasteiger charge is -2.20. The maximum absolute atomic E-state index is 12.4. The van der Waals surface area contributed by atoms with Crippen LogP contribution in [0, 0.1) is 6.92 Å². The van der Waals surface area contributed by atoms with Crippen molar-refractivity contribution in [3.05, 3.63) is 101 Å². The van der Waals surface area contributed by atoms with E-state index < -0.39 is 5.97 Å². The zero-order valence-electron chi connectivity index (χ0n) is 20.8. The molecule has 3 aromatic carbocycles. The SMILES string of the molecule is CCOC(=O)c1nc(NC[C@@]2(c3ccc(OC)cc3)C[C@@H]2c2ccccc2)n(-c2ccc(C)cc2)n1. The third-order valence-electron chi connectivity index (χ3n) is 6.85. The highest BCUT2D eigenvalue weighted by Crippen LogP contribution is 2.60. The van der Waals surface area contributed by atoms with Gasteiger partial charge in [-0.05, 0) is 61.6 Å². The Hall–Kier alpha value is -4.13. The van der Waals surface area contributed by atoms with E-state index in [0.717, 1.165) is 23.4 Å². The van der Waals surface area contributed by atoms with Gasteiger partial charge in [-0.25, -0.2) is 4.79 Å². The average Bonchev–Trinajstić information content (AvgIpc) is 3.51. The van der Waals surface area contributed by atoms with Gasteiger partial charge in [0.05, 0.1) is 19.4 Å². The standard InChI is InChI=1S/C29H30N4O3/c1-4-36-27(34)26-31-28(33(32-26)23-14-10-20(2)11-15-23)30-19-29(22-12-16-24(35-3)17-13-22)18-25(29)21-8-6-5-7-9-21/h5-17,25H,4,18-19H2,1-3H3,(H,30,31,32)/t25-,29-/m1/s1. The van der Waals surface area contributed by atoms with Crippen molar-refractivity contribution in [1.29, 1.82) is 0 Å². The maximum Gasteiger partial charge on any atom is 0.378 e. The fourth-order valence-electron chi connectivity index (χ4n) is 4.78. The van der Waals surface area contributed by atoms with E-state index in [4.69, 9.17) is 9.47 Å². The largest absolute Gasteiger partial charge is 0.497 e. The van der Waals surface area contributed by atoms with Crippen LogP contribution in [0.1, 0.15) is 46.6 Å². The Kier molecular flexibility index (Phi) is 6.46. The van der Waals surface area contributed by atoms with E-state index >= 15 is 0 Å². The number of aromatic nitrogens is 3. The van der Waals surface area contributed by atoms with Crippen molar-refractivity contribution < 1.29 is 14.3 Å². The highest BCUT2D eigenvalue weighted by Gasteiger charge is 2.55. The molecule has 0 amide bonds. The minimum absolute atomic E-state index is 0.0360. The molecule has 0 bridgehead atoms. The molecule has 5 rings (SSSR count). The van der Waals surface area contributed by atoms with Gasteiger partial charge in [0.1, 0.15) is 5.75 Å². The predicted octanol–water partition coefficient (Wildman–Crippen LogP) is 5.30. The second kappa shape index (κ2) is 9.85. The summed E-state index contributed by atoms with van der Waals surface area (Å²) >= 11 is 0. The molecule has 1 fully saturated rings. The lowest BCUT2D eigenvalue weighted by Crippen LogP contribution is -2.23. The van der Waals surface area contributed by atoms with Crippen LogP contribution in [0.5, 0.6) is 5.75 Å². The number of esters is 1. The Morgan fingerprint density at radius 1 is 1.06 bits per heavy atom. The first-order valence-corrected chi connectivity index (χ1v) is 12.2. The number of nitrogens with zero attached hydrogens (tertiary/aromatic N) is 3. The van der Waals surface area contributed by atoms with Gasteiger partial charge in [0.2, 0.25) is 5.95 Å². The molecule has 1 aliphatic carbocycles. The van der Waals surface area contributed by atoms with E-state index in [9.17, 15) is 4.79 Å². The fraction of sp³-hybridized carbons (Fsp3) is 0.276. The molecule has 1 saturated carbocycles. The number of methoxy groups -OCH3 is 1. The second-order valence-corrected chi connectivity index (χ2v) is 9.13. The molecular formula is C29H30N4O3. The van der Waals surface area contributed by atoms with Crippen molar-refractivity contribution in [2.24, 2.45) is 0 Å². The van der Waals surface area contributed by atoms with E-state index in [0.29, 0.717) is 18.4 Å². The Bertz CT molecular complexity index is 1330. The van der Waals surface area contributed by atoms with Crippen LogP contribution >= 0.6 is 0 Å². The Labute approximate surface area is 211 Å². The molecule has 4 aromatic rings. The Balaban J connectivity index is 1.48. The molecule has 0 unspecified atom stereocenters. The molecule has 1 aromatic heterocycles. The number of anilines is 1. The Morgan fingerprint density at radius 3 is 2.44 bits per heavy atom. The number of ether oxygens (including phenoxy) is 2. The lowest BCUT2D eigenvalue weighted by molar-refractivity contribution is 0.0512. The summed E-state index contributed by atoms with van der Waals surface area (Å²) in [6.45, 7) is 4.69. The van der Waals surface area contributed by atoms with Crippen LogP contribution in [0.25, 0.3) is 5.69 Å². The first-order valence-electron chi connectivity index (χ1n) is 12.2. The van der Waals surface area contributed by atoms with E-state index in [2.05, 4.69) is 51.8 Å². The van der Waals surface area contributed by atoms with E-state index in [-0.39, 0.29) is 17.8 Å². The van der Waals surface area contributed by atoms with Crippen LogP contribution in [0.3, 0.4) is 0 Å². The first kappa shape index (κ1) is 23.6. The lowest BCUT2D eigenvalue weighted by atomic mass is 9.90. The highest BCUT2D eigenvalue weighted by atomic mass is 16.5. The van der Waals surface area contributed by atoms with Crippen LogP contribution in [0.2, 0.25) is 0 Å². The van der Waals surface area contributed by atoms with Gasteiger partial charge in [0, 0.05) is 12.0 Å². The number of rotatable bonds is 9. The molecule has 7 nitrogen and oxygen atoms in total. The molecule has 0 saturated heterocycles. The number of carbonyl (C=O) groups excluding carboxylic acids is 1. The van der Waals surface area contributed by atoms with Gasteiger partial charge in [-0.1, -0.05) is 60.2 Å². The summed E-state index contributed by atoms with van der Waals surface area (Å²) in [7, 11) is 1.68. The molecule has 7 heteroatoms. The highest BCUT2D eigenvalue weighted by molar-refractivity contribution is 5.85. The quantitative estimate of drug-likeness (QED) is 0.326. The van der Waals surface area contributed by atoms with Crippen molar-refractivity contribution in [2.45, 2.75) is 31.6 Å². The van der Waals surface area contributed by atoms with Crippen molar-refractivity contribution in [2.75, 3.05) is 25.6 Å². The van der Waals surface area contributed by atoms with E-state index in [1.54, 1.807) is 18.7 Å². The topological polar surface area (TPSA) is 78.3 Å². The third-order valence-corrected chi connectivity index (χ3v) is 6.85. The number of benzene rings is 3. The minimum Gasteiger partial charge on any atom is -0.497 e. The first-order chi connectivity index (χ1) is 17.5. The van der Waals surface area contributed by atoms with Gasteiger partial charge < -0.3 is 14.8 Å². The molecule has 0 spiro atoms. The molecule has 36 heavy (non-hydrogen) atoms.